The van der Waals surface area contributed by atoms with Gasteiger partial charge < -0.3 is 10.5 Å². The molecule has 0 aromatic heterocycles. The Labute approximate surface area is 142 Å². The topological polar surface area (TPSA) is 78.8 Å². The van der Waals surface area contributed by atoms with Gasteiger partial charge in [0.05, 0.1) is 0 Å². The van der Waals surface area contributed by atoms with Gasteiger partial charge in [-0.15, -0.1) is 0 Å². The number of hydrogen-bond donors (Lipinski definition) is 2. The van der Waals surface area contributed by atoms with E-state index in [1.54, 1.807) is 0 Å². The molecule has 0 aliphatic heterocycles. The number of rotatable bonds is 2. The normalized spacial score (nSPS) is 32.4. The third kappa shape index (κ3) is 1.73. The van der Waals surface area contributed by atoms with Crippen LogP contribution in [0, 0.1) is 30.1 Å². The van der Waals surface area contributed by atoms with Gasteiger partial charge in [0.2, 0.25) is 5.91 Å². The number of aryl methyl sites for hydroxylation is 2. The number of hydrogen-bond acceptors (Lipinski definition) is 4. The van der Waals surface area contributed by atoms with Crippen LogP contribution in [0.2, 0.25) is 0 Å². The zero-order valence-corrected chi connectivity index (χ0v) is 14.9. The van der Waals surface area contributed by atoms with Gasteiger partial charge in [-0.05, 0) is 55.4 Å². The highest BCUT2D eigenvalue weighted by atomic mass is 16.4. The second-order valence-corrected chi connectivity index (χ2v) is 7.89. The largest absolute Gasteiger partial charge is 0.411 e. The third-order valence-corrected chi connectivity index (χ3v) is 6.82. The van der Waals surface area contributed by atoms with Crippen LogP contribution in [0.1, 0.15) is 44.7 Å². The minimum absolute atomic E-state index is 0.133. The molecule has 2 aliphatic rings. The minimum atomic E-state index is -1.18. The maximum Gasteiger partial charge on any atom is 0.239 e. The number of ketones is 1. The molecule has 2 atom stereocenters. The third-order valence-electron chi connectivity index (χ3n) is 6.82. The molecule has 0 radical (unpaired) electrons. The number of benzene rings is 1. The average Bonchev–Trinajstić information content (AvgIpc) is 2.79. The first-order valence-corrected chi connectivity index (χ1v) is 8.28. The van der Waals surface area contributed by atoms with Gasteiger partial charge in [0.25, 0.3) is 0 Å². The van der Waals surface area contributed by atoms with Gasteiger partial charge in [-0.1, -0.05) is 32.0 Å². The molecule has 0 spiro atoms. The lowest BCUT2D eigenvalue weighted by Gasteiger charge is -2.37. The molecule has 5 heteroatoms. The van der Waals surface area contributed by atoms with E-state index < -0.39 is 16.2 Å². The van der Waals surface area contributed by atoms with Crippen molar-refractivity contribution in [2.75, 3.05) is 5.32 Å². The maximum absolute atomic E-state index is 13.2. The summed E-state index contributed by atoms with van der Waals surface area (Å²) in [5.41, 5.74) is 0.671. The van der Waals surface area contributed by atoms with Crippen LogP contribution >= 0.6 is 0 Å². The number of Topliss-reactive ketones (excluding diaryl/α,β-unsaturated/α-hetero) is 1. The number of carbonyl (C=O) groups excluding carboxylic acids is 2. The summed E-state index contributed by atoms with van der Waals surface area (Å²) in [6.07, 6.45) is 1.14. The van der Waals surface area contributed by atoms with Crippen molar-refractivity contribution in [3.05, 3.63) is 29.3 Å². The molecule has 5 nitrogen and oxygen atoms in total. The fraction of sp³-hybridized carbons (Fsp3) is 0.526. The highest BCUT2D eigenvalue weighted by molar-refractivity contribution is 6.51. The van der Waals surface area contributed by atoms with Crippen LogP contribution in [0.3, 0.4) is 0 Å². The molecule has 2 saturated carbocycles. The van der Waals surface area contributed by atoms with E-state index in [1.165, 1.54) is 0 Å². The lowest BCUT2D eigenvalue weighted by molar-refractivity contribution is -0.140. The Kier molecular flexibility index (Phi) is 3.41. The average molecular weight is 328 g/mol. The number of fused-ring (bicyclic) bond motifs is 2. The zero-order chi connectivity index (χ0) is 17.9. The molecule has 1 amide bonds. The first-order valence-electron chi connectivity index (χ1n) is 8.28. The van der Waals surface area contributed by atoms with Crippen LogP contribution in [0.4, 0.5) is 5.69 Å². The Bertz CT molecular complexity index is 781. The quantitative estimate of drug-likeness (QED) is 0.496. The standard InChI is InChI=1S/C19H24N2O3/c1-11-6-7-13(10-12(11)2)20-16(23)19-9-8-18(5,17(19,3)4)14(21-24)15(19)22/h6-7,10,24H,8-9H2,1-5H3,(H,20,23)/b21-14+. The fourth-order valence-corrected chi connectivity index (χ4v) is 4.51. The van der Waals surface area contributed by atoms with Crippen molar-refractivity contribution in [2.24, 2.45) is 21.4 Å². The second-order valence-electron chi connectivity index (χ2n) is 7.89. The van der Waals surface area contributed by atoms with Crippen molar-refractivity contribution in [1.29, 1.82) is 0 Å². The number of oxime groups is 1. The Morgan fingerprint density at radius 3 is 2.38 bits per heavy atom. The first-order chi connectivity index (χ1) is 11.1. The van der Waals surface area contributed by atoms with Gasteiger partial charge in [-0.3, -0.25) is 9.59 Å². The van der Waals surface area contributed by atoms with E-state index in [-0.39, 0.29) is 17.4 Å². The summed E-state index contributed by atoms with van der Waals surface area (Å²) in [4.78, 5) is 26.1. The summed E-state index contributed by atoms with van der Waals surface area (Å²) in [6.45, 7) is 9.76. The van der Waals surface area contributed by atoms with Crippen LogP contribution in [0.25, 0.3) is 0 Å². The highest BCUT2D eigenvalue weighted by Gasteiger charge is 2.76. The predicted molar refractivity (Wildman–Crippen MR) is 92.3 cm³/mol. The molecule has 128 valence electrons. The molecule has 2 aliphatic carbocycles. The Morgan fingerprint density at radius 1 is 1.17 bits per heavy atom. The van der Waals surface area contributed by atoms with Gasteiger partial charge in [0, 0.05) is 11.1 Å². The molecule has 2 unspecified atom stereocenters. The van der Waals surface area contributed by atoms with E-state index in [2.05, 4.69) is 10.5 Å². The van der Waals surface area contributed by atoms with Crippen molar-refractivity contribution >= 4 is 23.1 Å². The second kappa shape index (κ2) is 4.91. The smallest absolute Gasteiger partial charge is 0.239 e. The fourth-order valence-electron chi connectivity index (χ4n) is 4.51. The van der Waals surface area contributed by atoms with Crippen molar-refractivity contribution < 1.29 is 14.8 Å². The Morgan fingerprint density at radius 2 is 1.83 bits per heavy atom. The van der Waals surface area contributed by atoms with Crippen LogP contribution < -0.4 is 5.32 Å². The van der Waals surface area contributed by atoms with Gasteiger partial charge in [-0.2, -0.15) is 0 Å². The van der Waals surface area contributed by atoms with E-state index in [0.717, 1.165) is 11.1 Å². The van der Waals surface area contributed by atoms with Gasteiger partial charge in [0.15, 0.2) is 5.78 Å². The number of nitrogens with zero attached hydrogens (tertiary/aromatic N) is 1. The van der Waals surface area contributed by atoms with Crippen LogP contribution in [-0.2, 0) is 9.59 Å². The van der Waals surface area contributed by atoms with E-state index in [9.17, 15) is 14.8 Å². The summed E-state index contributed by atoms with van der Waals surface area (Å²) in [7, 11) is 0. The van der Waals surface area contributed by atoms with E-state index in [1.807, 2.05) is 52.8 Å². The lowest BCUT2D eigenvalue weighted by atomic mass is 9.64. The summed E-state index contributed by atoms with van der Waals surface area (Å²) in [5.74, 6) is -0.645. The SMILES string of the molecule is Cc1ccc(NC(=O)C23CCC(C)(/C(=N/O)C2=O)C3(C)C)cc1C. The monoisotopic (exact) mass is 328 g/mol. The molecule has 2 N–H and O–H groups in total. The lowest BCUT2D eigenvalue weighted by Crippen LogP contribution is -2.47. The molecular formula is C19H24N2O3. The molecule has 1 aromatic rings. The number of anilines is 1. The van der Waals surface area contributed by atoms with Gasteiger partial charge >= 0.3 is 0 Å². The maximum atomic E-state index is 13.2. The predicted octanol–water partition coefficient (Wildman–Crippen LogP) is 3.47. The molecule has 2 bridgehead atoms. The van der Waals surface area contributed by atoms with Gasteiger partial charge in [0.1, 0.15) is 11.1 Å². The van der Waals surface area contributed by atoms with Crippen molar-refractivity contribution in [2.45, 2.75) is 47.5 Å². The van der Waals surface area contributed by atoms with E-state index in [4.69, 9.17) is 0 Å². The number of amides is 1. The number of nitrogens with one attached hydrogen (secondary N) is 1. The molecule has 0 heterocycles. The highest BCUT2D eigenvalue weighted by Crippen LogP contribution is 2.69. The van der Waals surface area contributed by atoms with E-state index >= 15 is 0 Å². The van der Waals surface area contributed by atoms with Crippen molar-refractivity contribution in [3.63, 3.8) is 0 Å². The van der Waals surface area contributed by atoms with Crippen LogP contribution in [-0.4, -0.2) is 22.6 Å². The van der Waals surface area contributed by atoms with Crippen molar-refractivity contribution in [1.82, 2.24) is 0 Å². The van der Waals surface area contributed by atoms with Crippen LogP contribution in [0.5, 0.6) is 0 Å². The molecule has 0 saturated heterocycles. The van der Waals surface area contributed by atoms with E-state index in [0.29, 0.717) is 18.5 Å². The molecule has 1 aromatic carbocycles. The zero-order valence-electron chi connectivity index (χ0n) is 14.9. The molecule has 2 fully saturated rings. The first kappa shape index (κ1) is 16.7. The summed E-state index contributed by atoms with van der Waals surface area (Å²) in [5, 5.41) is 15.5. The van der Waals surface area contributed by atoms with Crippen LogP contribution in [0.15, 0.2) is 23.4 Å². The summed E-state index contributed by atoms with van der Waals surface area (Å²) >= 11 is 0. The Balaban J connectivity index is 2.02. The molecule has 24 heavy (non-hydrogen) atoms. The number of carbonyl (C=O) groups is 2. The summed E-state index contributed by atoms with van der Waals surface area (Å²) < 4.78 is 0. The Hall–Kier alpha value is -2.17. The molecular weight excluding hydrogens is 304 g/mol. The molecule has 3 rings (SSSR count). The minimum Gasteiger partial charge on any atom is -0.411 e. The van der Waals surface area contributed by atoms with Gasteiger partial charge in [-0.25, -0.2) is 0 Å². The van der Waals surface area contributed by atoms with Crippen molar-refractivity contribution in [3.8, 4) is 0 Å². The summed E-state index contributed by atoms with van der Waals surface area (Å²) in [6, 6.07) is 5.70.